The Labute approximate surface area is 175 Å². The number of benzene rings is 2. The maximum absolute atomic E-state index is 12.6. The van der Waals surface area contributed by atoms with E-state index in [4.69, 9.17) is 14.0 Å². The molecule has 0 bridgehead atoms. The molecule has 1 saturated heterocycles. The van der Waals surface area contributed by atoms with Crippen molar-refractivity contribution in [2.24, 2.45) is 0 Å². The van der Waals surface area contributed by atoms with Crippen molar-refractivity contribution in [3.8, 4) is 0 Å². The van der Waals surface area contributed by atoms with Crippen LogP contribution in [-0.4, -0.2) is 35.3 Å². The molecule has 0 N–H and O–H groups in total. The zero-order valence-electron chi connectivity index (χ0n) is 17.5. The summed E-state index contributed by atoms with van der Waals surface area (Å²) >= 11 is 0. The fourth-order valence-electron chi connectivity index (χ4n) is 3.43. The summed E-state index contributed by atoms with van der Waals surface area (Å²) in [5.74, 6) is 0. The first kappa shape index (κ1) is 20.4. The average molecular weight is 405 g/mol. The van der Waals surface area contributed by atoms with E-state index in [1.807, 2.05) is 70.2 Å². The van der Waals surface area contributed by atoms with Gasteiger partial charge in [0, 0.05) is 17.1 Å². The Balaban J connectivity index is 1.62. The van der Waals surface area contributed by atoms with Gasteiger partial charge in [0.2, 0.25) is 0 Å². The van der Waals surface area contributed by atoms with Crippen molar-refractivity contribution in [1.82, 2.24) is 4.57 Å². The number of carbonyl (C=O) groups excluding carboxylic acids is 2. The molecule has 154 valence electrons. The highest BCUT2D eigenvalue weighted by Crippen LogP contribution is 2.36. The molecule has 2 aromatic carbocycles. The van der Waals surface area contributed by atoms with Crippen LogP contribution in [0.1, 0.15) is 43.6 Å². The Morgan fingerprint density at radius 3 is 2.37 bits per heavy atom. The van der Waals surface area contributed by atoms with Gasteiger partial charge in [0.25, 0.3) is 0 Å². The summed E-state index contributed by atoms with van der Waals surface area (Å²) in [6.07, 6.45) is 1.69. The molecule has 0 spiro atoms. The lowest BCUT2D eigenvalue weighted by Gasteiger charge is -2.32. The maximum Gasteiger partial charge on any atom is 0.494 e. The molecule has 0 aliphatic carbocycles. The summed E-state index contributed by atoms with van der Waals surface area (Å²) in [7, 11) is -0.549. The number of carbonyl (C=O) groups is 2. The molecule has 0 amide bonds. The van der Waals surface area contributed by atoms with Crippen molar-refractivity contribution >= 4 is 35.9 Å². The van der Waals surface area contributed by atoms with Gasteiger partial charge in [-0.25, -0.2) is 4.79 Å². The molecule has 2 heterocycles. The van der Waals surface area contributed by atoms with E-state index in [0.717, 1.165) is 17.3 Å². The second-order valence-electron chi connectivity index (χ2n) is 8.48. The topological polar surface area (TPSA) is 66.8 Å². The van der Waals surface area contributed by atoms with Crippen molar-refractivity contribution in [2.45, 2.75) is 45.5 Å². The fourth-order valence-corrected chi connectivity index (χ4v) is 3.43. The zero-order chi connectivity index (χ0) is 21.5. The van der Waals surface area contributed by atoms with Crippen LogP contribution in [0.25, 0.3) is 10.9 Å². The lowest BCUT2D eigenvalue weighted by atomic mass is 9.78. The standard InChI is InChI=1S/C23H24BNO5/c1-22(2)23(3,4)30-24(29-22)18-10-11-20-19(12-18)17(14-26)13-25(20)21(27)28-15-16-8-6-5-7-9-16/h5-14H,15H2,1-4H3. The highest BCUT2D eigenvalue weighted by Gasteiger charge is 2.51. The van der Waals surface area contributed by atoms with E-state index in [9.17, 15) is 9.59 Å². The van der Waals surface area contributed by atoms with Gasteiger partial charge in [-0.1, -0.05) is 42.5 Å². The van der Waals surface area contributed by atoms with Gasteiger partial charge in [0.05, 0.1) is 16.7 Å². The van der Waals surface area contributed by atoms with E-state index >= 15 is 0 Å². The summed E-state index contributed by atoms with van der Waals surface area (Å²) in [6.45, 7) is 8.11. The molecule has 7 heteroatoms. The van der Waals surface area contributed by atoms with E-state index < -0.39 is 24.4 Å². The Morgan fingerprint density at radius 1 is 1.07 bits per heavy atom. The van der Waals surface area contributed by atoms with Gasteiger partial charge in [-0.2, -0.15) is 0 Å². The van der Waals surface area contributed by atoms with E-state index in [0.29, 0.717) is 16.5 Å². The lowest BCUT2D eigenvalue weighted by Crippen LogP contribution is -2.41. The predicted octanol–water partition coefficient (Wildman–Crippen LogP) is 3.94. The normalized spacial score (nSPS) is 17.3. The highest BCUT2D eigenvalue weighted by molar-refractivity contribution is 6.62. The summed E-state index contributed by atoms with van der Waals surface area (Å²) in [4.78, 5) is 24.3. The van der Waals surface area contributed by atoms with Crippen LogP contribution >= 0.6 is 0 Å². The SMILES string of the molecule is CC1(C)OB(c2ccc3c(c2)c(C=O)cn3C(=O)OCc2ccccc2)OC1(C)C. The first-order valence-corrected chi connectivity index (χ1v) is 9.89. The molecule has 0 unspecified atom stereocenters. The molecule has 3 aromatic rings. The van der Waals surface area contributed by atoms with Crippen molar-refractivity contribution in [2.75, 3.05) is 0 Å². The molecule has 0 saturated carbocycles. The molecule has 1 aliphatic rings. The number of fused-ring (bicyclic) bond motifs is 1. The van der Waals surface area contributed by atoms with Crippen molar-refractivity contribution in [3.63, 3.8) is 0 Å². The second kappa shape index (κ2) is 7.41. The summed E-state index contributed by atoms with van der Waals surface area (Å²) in [5.41, 5.74) is 1.75. The number of nitrogens with zero attached hydrogens (tertiary/aromatic N) is 1. The van der Waals surface area contributed by atoms with Gasteiger partial charge in [-0.05, 0) is 44.8 Å². The van der Waals surface area contributed by atoms with Crippen LogP contribution < -0.4 is 5.46 Å². The zero-order valence-corrected chi connectivity index (χ0v) is 17.5. The van der Waals surface area contributed by atoms with Gasteiger partial charge < -0.3 is 14.0 Å². The third-order valence-corrected chi connectivity index (χ3v) is 5.91. The van der Waals surface area contributed by atoms with E-state index in [-0.39, 0.29) is 6.61 Å². The van der Waals surface area contributed by atoms with Crippen molar-refractivity contribution in [1.29, 1.82) is 0 Å². The number of hydrogen-bond donors (Lipinski definition) is 0. The largest absolute Gasteiger partial charge is 0.494 e. The maximum atomic E-state index is 12.6. The smallest absolute Gasteiger partial charge is 0.444 e. The predicted molar refractivity (Wildman–Crippen MR) is 115 cm³/mol. The Bertz CT molecular complexity index is 1090. The number of hydrogen-bond acceptors (Lipinski definition) is 5. The monoisotopic (exact) mass is 405 g/mol. The van der Waals surface area contributed by atoms with Crippen LogP contribution in [0, 0.1) is 0 Å². The summed E-state index contributed by atoms with van der Waals surface area (Å²) in [5, 5.41) is 0.647. The minimum absolute atomic E-state index is 0.155. The van der Waals surface area contributed by atoms with Gasteiger partial charge >= 0.3 is 13.2 Å². The Kier molecular flexibility index (Phi) is 5.04. The van der Waals surface area contributed by atoms with Gasteiger partial charge in [-0.15, -0.1) is 0 Å². The van der Waals surface area contributed by atoms with E-state index in [1.165, 1.54) is 10.8 Å². The third kappa shape index (κ3) is 3.55. The van der Waals surface area contributed by atoms with Crippen LogP contribution in [0.4, 0.5) is 4.79 Å². The van der Waals surface area contributed by atoms with Crippen molar-refractivity contribution in [3.05, 3.63) is 65.9 Å². The molecule has 1 fully saturated rings. The first-order valence-electron chi connectivity index (χ1n) is 9.89. The van der Waals surface area contributed by atoms with Crippen LogP contribution in [0.15, 0.2) is 54.7 Å². The number of rotatable bonds is 4. The molecule has 30 heavy (non-hydrogen) atoms. The first-order chi connectivity index (χ1) is 14.2. The molecule has 6 nitrogen and oxygen atoms in total. The van der Waals surface area contributed by atoms with Crippen LogP contribution in [-0.2, 0) is 20.7 Å². The van der Waals surface area contributed by atoms with Gasteiger partial charge in [0.1, 0.15) is 6.61 Å². The van der Waals surface area contributed by atoms with Crippen LogP contribution in [0.5, 0.6) is 0 Å². The van der Waals surface area contributed by atoms with E-state index in [2.05, 4.69) is 0 Å². The minimum Gasteiger partial charge on any atom is -0.444 e. The average Bonchev–Trinajstić information content (AvgIpc) is 3.20. The van der Waals surface area contributed by atoms with Crippen LogP contribution in [0.2, 0.25) is 0 Å². The third-order valence-electron chi connectivity index (χ3n) is 5.91. The summed E-state index contributed by atoms with van der Waals surface area (Å²) < 4.78 is 19.0. The molecular formula is C23H24BNO5. The van der Waals surface area contributed by atoms with E-state index in [1.54, 1.807) is 6.07 Å². The Morgan fingerprint density at radius 2 is 1.73 bits per heavy atom. The number of ether oxygens (including phenoxy) is 1. The van der Waals surface area contributed by atoms with Gasteiger partial charge in [-0.3, -0.25) is 9.36 Å². The highest BCUT2D eigenvalue weighted by atomic mass is 16.7. The molecule has 0 atom stereocenters. The Hall–Kier alpha value is -2.90. The molecule has 4 rings (SSSR count). The molecule has 0 radical (unpaired) electrons. The second-order valence-corrected chi connectivity index (χ2v) is 8.48. The number of aromatic nitrogens is 1. The van der Waals surface area contributed by atoms with Crippen molar-refractivity contribution < 1.29 is 23.6 Å². The lowest BCUT2D eigenvalue weighted by molar-refractivity contribution is 0.00578. The number of aldehydes is 1. The summed E-state index contributed by atoms with van der Waals surface area (Å²) in [6, 6.07) is 14.9. The molecule has 1 aromatic heterocycles. The minimum atomic E-state index is -0.549. The molecular weight excluding hydrogens is 381 g/mol. The molecule has 1 aliphatic heterocycles. The van der Waals surface area contributed by atoms with Crippen LogP contribution in [0.3, 0.4) is 0 Å². The van der Waals surface area contributed by atoms with Gasteiger partial charge in [0.15, 0.2) is 6.29 Å². The fraction of sp³-hybridized carbons (Fsp3) is 0.304. The quantitative estimate of drug-likeness (QED) is 0.486.